The number of nitrogens with one attached hydrogen (secondary N) is 2. The summed E-state index contributed by atoms with van der Waals surface area (Å²) in [4.78, 5) is 3.81. The first-order valence-corrected chi connectivity index (χ1v) is 7.86. The summed E-state index contributed by atoms with van der Waals surface area (Å²) in [6.45, 7) is 2.25. The maximum Gasteiger partial charge on any atom is 0.242 e. The highest BCUT2D eigenvalue weighted by atomic mass is 32.2. The predicted molar refractivity (Wildman–Crippen MR) is 75.8 cm³/mol. The molecule has 21 heavy (non-hydrogen) atoms. The van der Waals surface area contributed by atoms with E-state index in [-0.39, 0.29) is 10.6 Å². The zero-order chi connectivity index (χ0) is 15.3. The molecule has 0 radical (unpaired) electrons. The number of aryl methyl sites for hydroxylation is 2. The number of nitrogens with zero attached hydrogens (tertiary/aromatic N) is 3. The summed E-state index contributed by atoms with van der Waals surface area (Å²) < 4.78 is 26.5. The van der Waals surface area contributed by atoms with Crippen molar-refractivity contribution in [3.8, 4) is 6.07 Å². The van der Waals surface area contributed by atoms with E-state index >= 15 is 0 Å². The van der Waals surface area contributed by atoms with E-state index in [9.17, 15) is 8.42 Å². The van der Waals surface area contributed by atoms with Crippen LogP contribution in [-0.4, -0.2) is 30.1 Å². The maximum atomic E-state index is 12.0. The highest BCUT2D eigenvalue weighted by molar-refractivity contribution is 7.89. The van der Waals surface area contributed by atoms with Crippen molar-refractivity contribution in [2.24, 2.45) is 0 Å². The Morgan fingerprint density at radius 3 is 2.76 bits per heavy atom. The second kappa shape index (κ2) is 6.47. The molecule has 0 bridgehead atoms. The number of nitriles is 1. The molecule has 2 aromatic heterocycles. The fourth-order valence-electron chi connectivity index (χ4n) is 1.80. The Kier molecular flexibility index (Phi) is 4.67. The molecule has 0 aliphatic carbocycles. The molecule has 110 valence electrons. The van der Waals surface area contributed by atoms with Crippen molar-refractivity contribution in [2.45, 2.75) is 24.7 Å². The highest BCUT2D eigenvalue weighted by Gasteiger charge is 2.13. The number of H-pyrrole nitrogens is 1. The highest BCUT2D eigenvalue weighted by Crippen LogP contribution is 2.09. The van der Waals surface area contributed by atoms with Gasteiger partial charge in [-0.15, -0.1) is 0 Å². The third-order valence-electron chi connectivity index (χ3n) is 3.01. The van der Waals surface area contributed by atoms with Gasteiger partial charge < -0.3 is 0 Å². The molecule has 2 N–H and O–H groups in total. The van der Waals surface area contributed by atoms with E-state index in [2.05, 4.69) is 19.9 Å². The second-order valence-electron chi connectivity index (χ2n) is 4.51. The van der Waals surface area contributed by atoms with Gasteiger partial charge in [-0.2, -0.15) is 10.4 Å². The zero-order valence-corrected chi connectivity index (χ0v) is 12.3. The van der Waals surface area contributed by atoms with Crippen molar-refractivity contribution in [3.63, 3.8) is 0 Å². The molecular formula is C13H15N5O2S. The molecule has 0 fully saturated rings. The molecule has 0 aliphatic rings. The maximum absolute atomic E-state index is 12.0. The van der Waals surface area contributed by atoms with Crippen molar-refractivity contribution < 1.29 is 8.42 Å². The Morgan fingerprint density at radius 1 is 1.38 bits per heavy atom. The van der Waals surface area contributed by atoms with Gasteiger partial charge in [0.25, 0.3) is 0 Å². The molecule has 8 heteroatoms. The number of rotatable bonds is 6. The van der Waals surface area contributed by atoms with Gasteiger partial charge in [0.15, 0.2) is 0 Å². The van der Waals surface area contributed by atoms with E-state index in [0.717, 1.165) is 17.7 Å². The number of aromatic nitrogens is 3. The van der Waals surface area contributed by atoms with Crippen LogP contribution in [-0.2, 0) is 16.4 Å². The van der Waals surface area contributed by atoms with E-state index in [1.165, 1.54) is 18.3 Å². The third-order valence-corrected chi connectivity index (χ3v) is 4.46. The van der Waals surface area contributed by atoms with Gasteiger partial charge >= 0.3 is 0 Å². The lowest BCUT2D eigenvalue weighted by Crippen LogP contribution is -2.25. The molecule has 7 nitrogen and oxygen atoms in total. The first kappa shape index (κ1) is 15.2. The second-order valence-corrected chi connectivity index (χ2v) is 6.28. The van der Waals surface area contributed by atoms with Crippen LogP contribution in [0.3, 0.4) is 0 Å². The standard InChI is InChI=1S/C13H15N5O2S/c1-10-11(8-16-18-10)3-2-6-17-21(19,20)13-5-4-12(7-14)15-9-13/h4-5,8-9,17H,2-3,6H2,1H3,(H,16,18). The van der Waals surface area contributed by atoms with Gasteiger partial charge in [0, 0.05) is 18.4 Å². The molecule has 0 atom stereocenters. The van der Waals surface area contributed by atoms with Crippen LogP contribution in [0.5, 0.6) is 0 Å². The average molecular weight is 305 g/mol. The van der Waals surface area contributed by atoms with Gasteiger partial charge in [0.2, 0.25) is 10.0 Å². The average Bonchev–Trinajstić information content (AvgIpc) is 2.89. The summed E-state index contributed by atoms with van der Waals surface area (Å²) in [5.74, 6) is 0. The van der Waals surface area contributed by atoms with Crippen LogP contribution in [0.4, 0.5) is 0 Å². The van der Waals surface area contributed by atoms with E-state index in [4.69, 9.17) is 5.26 Å². The van der Waals surface area contributed by atoms with Crippen LogP contribution >= 0.6 is 0 Å². The van der Waals surface area contributed by atoms with Gasteiger partial charge in [-0.25, -0.2) is 18.1 Å². The van der Waals surface area contributed by atoms with Gasteiger partial charge in [0.05, 0.1) is 6.20 Å². The molecule has 2 rings (SSSR count). The van der Waals surface area contributed by atoms with E-state index in [1.54, 1.807) is 6.20 Å². The molecule has 2 heterocycles. The summed E-state index contributed by atoms with van der Waals surface area (Å²) in [5, 5.41) is 15.4. The normalized spacial score (nSPS) is 11.2. The Morgan fingerprint density at radius 2 is 2.19 bits per heavy atom. The Hall–Kier alpha value is -2.24. The zero-order valence-electron chi connectivity index (χ0n) is 11.5. The minimum absolute atomic E-state index is 0.0565. The SMILES string of the molecule is Cc1[nH]ncc1CCCNS(=O)(=O)c1ccc(C#N)nc1. The summed E-state index contributed by atoms with van der Waals surface area (Å²) in [7, 11) is -3.58. The number of hydrogen-bond donors (Lipinski definition) is 2. The lowest BCUT2D eigenvalue weighted by atomic mass is 10.1. The number of sulfonamides is 1. The van der Waals surface area contributed by atoms with E-state index in [1.807, 2.05) is 13.0 Å². The molecule has 0 saturated heterocycles. The summed E-state index contributed by atoms with van der Waals surface area (Å²) in [6.07, 6.45) is 4.34. The topological polar surface area (TPSA) is 112 Å². The minimum atomic E-state index is -3.58. The number of hydrogen-bond acceptors (Lipinski definition) is 5. The molecule has 0 unspecified atom stereocenters. The first-order chi connectivity index (χ1) is 10.0. The molecular weight excluding hydrogens is 290 g/mol. The van der Waals surface area contributed by atoms with Crippen molar-refractivity contribution in [1.29, 1.82) is 5.26 Å². The van der Waals surface area contributed by atoms with Crippen molar-refractivity contribution in [1.82, 2.24) is 19.9 Å². The van der Waals surface area contributed by atoms with Crippen LogP contribution in [0.25, 0.3) is 0 Å². The first-order valence-electron chi connectivity index (χ1n) is 6.37. The van der Waals surface area contributed by atoms with Crippen LogP contribution < -0.4 is 4.72 Å². The lowest BCUT2D eigenvalue weighted by Gasteiger charge is -2.06. The smallest absolute Gasteiger partial charge is 0.242 e. The van der Waals surface area contributed by atoms with E-state index < -0.39 is 10.0 Å². The number of pyridine rings is 1. The minimum Gasteiger partial charge on any atom is -0.283 e. The van der Waals surface area contributed by atoms with Gasteiger partial charge in [-0.1, -0.05) is 0 Å². The van der Waals surface area contributed by atoms with Crippen LogP contribution in [0.1, 0.15) is 23.4 Å². The number of aromatic amines is 1. The Bertz CT molecular complexity index is 744. The molecule has 2 aromatic rings. The summed E-state index contributed by atoms with van der Waals surface area (Å²) in [6, 6.07) is 4.59. The fraction of sp³-hybridized carbons (Fsp3) is 0.308. The lowest BCUT2D eigenvalue weighted by molar-refractivity contribution is 0.578. The van der Waals surface area contributed by atoms with Crippen molar-refractivity contribution in [2.75, 3.05) is 6.54 Å². The summed E-state index contributed by atoms with van der Waals surface area (Å²) in [5.41, 5.74) is 2.26. The monoisotopic (exact) mass is 305 g/mol. The third kappa shape index (κ3) is 3.87. The molecule has 0 spiro atoms. The largest absolute Gasteiger partial charge is 0.283 e. The Balaban J connectivity index is 1.89. The van der Waals surface area contributed by atoms with E-state index in [0.29, 0.717) is 13.0 Å². The van der Waals surface area contributed by atoms with Crippen LogP contribution in [0.2, 0.25) is 0 Å². The molecule has 0 amide bonds. The van der Waals surface area contributed by atoms with Gasteiger partial charge in [-0.3, -0.25) is 5.10 Å². The fourth-order valence-corrected chi connectivity index (χ4v) is 2.82. The summed E-state index contributed by atoms with van der Waals surface area (Å²) >= 11 is 0. The Labute approximate surface area is 123 Å². The molecule has 0 saturated carbocycles. The van der Waals surface area contributed by atoms with Crippen LogP contribution in [0.15, 0.2) is 29.4 Å². The molecule has 0 aliphatic heterocycles. The van der Waals surface area contributed by atoms with Gasteiger partial charge in [0.1, 0.15) is 16.7 Å². The molecule has 0 aromatic carbocycles. The van der Waals surface area contributed by atoms with Gasteiger partial charge in [-0.05, 0) is 37.5 Å². The van der Waals surface area contributed by atoms with Crippen LogP contribution in [0, 0.1) is 18.3 Å². The van der Waals surface area contributed by atoms with Crippen molar-refractivity contribution in [3.05, 3.63) is 41.5 Å². The predicted octanol–water partition coefficient (Wildman–Crippen LogP) is 0.896. The quantitative estimate of drug-likeness (QED) is 0.770. The van der Waals surface area contributed by atoms with Crippen molar-refractivity contribution >= 4 is 10.0 Å².